The Hall–Kier alpha value is -0.870. The summed E-state index contributed by atoms with van der Waals surface area (Å²) >= 11 is 5.78. The Bertz CT molecular complexity index is 366. The van der Waals surface area contributed by atoms with Crippen molar-refractivity contribution in [2.45, 2.75) is 31.3 Å². The molecule has 1 heterocycles. The standard InChI is InChI=1S/C11H16ClN3O/c1-15(8-11(16)4-2-3-5-11)10-7-13-6-9(12)14-10/h6-7,16H,2-5,8H2,1H3. The van der Waals surface area contributed by atoms with Gasteiger partial charge in [0.1, 0.15) is 11.0 Å². The van der Waals surface area contributed by atoms with E-state index in [0.717, 1.165) is 25.7 Å². The van der Waals surface area contributed by atoms with Crippen LogP contribution in [0.1, 0.15) is 25.7 Å². The highest BCUT2D eigenvalue weighted by atomic mass is 35.5. The van der Waals surface area contributed by atoms with Gasteiger partial charge in [0.05, 0.1) is 18.0 Å². The van der Waals surface area contributed by atoms with Crippen molar-refractivity contribution in [3.05, 3.63) is 17.5 Å². The Morgan fingerprint density at radius 3 is 2.75 bits per heavy atom. The Morgan fingerprint density at radius 2 is 2.12 bits per heavy atom. The maximum atomic E-state index is 10.3. The van der Waals surface area contributed by atoms with Crippen LogP contribution in [0.15, 0.2) is 12.4 Å². The van der Waals surface area contributed by atoms with E-state index in [9.17, 15) is 5.11 Å². The van der Waals surface area contributed by atoms with E-state index in [1.54, 1.807) is 6.20 Å². The number of nitrogens with zero attached hydrogens (tertiary/aromatic N) is 3. The molecule has 1 aliphatic rings. The fraction of sp³-hybridized carbons (Fsp3) is 0.636. The fourth-order valence-corrected chi connectivity index (χ4v) is 2.37. The summed E-state index contributed by atoms with van der Waals surface area (Å²) in [5.41, 5.74) is -0.571. The second kappa shape index (κ2) is 4.55. The normalized spacial score (nSPS) is 18.7. The summed E-state index contributed by atoms with van der Waals surface area (Å²) in [4.78, 5) is 10.1. The largest absolute Gasteiger partial charge is 0.388 e. The molecule has 1 aliphatic carbocycles. The third-order valence-corrected chi connectivity index (χ3v) is 3.23. The van der Waals surface area contributed by atoms with Crippen LogP contribution < -0.4 is 4.90 Å². The molecule has 0 saturated heterocycles. The molecule has 16 heavy (non-hydrogen) atoms. The van der Waals surface area contributed by atoms with Gasteiger partial charge in [-0.05, 0) is 12.8 Å². The van der Waals surface area contributed by atoms with Gasteiger partial charge >= 0.3 is 0 Å². The van der Waals surface area contributed by atoms with Gasteiger partial charge in [0.2, 0.25) is 0 Å². The van der Waals surface area contributed by atoms with Crippen molar-refractivity contribution in [3.8, 4) is 0 Å². The molecule has 1 fully saturated rings. The molecule has 88 valence electrons. The van der Waals surface area contributed by atoms with Crippen molar-refractivity contribution >= 4 is 17.4 Å². The lowest BCUT2D eigenvalue weighted by Crippen LogP contribution is -2.39. The molecule has 1 saturated carbocycles. The number of halogens is 1. The van der Waals surface area contributed by atoms with Crippen molar-refractivity contribution < 1.29 is 5.11 Å². The fourth-order valence-electron chi connectivity index (χ4n) is 2.23. The molecule has 0 atom stereocenters. The quantitative estimate of drug-likeness (QED) is 0.878. The molecule has 0 aromatic carbocycles. The van der Waals surface area contributed by atoms with E-state index < -0.39 is 5.60 Å². The van der Waals surface area contributed by atoms with E-state index in [1.165, 1.54) is 6.20 Å². The van der Waals surface area contributed by atoms with Gasteiger partial charge in [-0.25, -0.2) is 4.98 Å². The highest BCUT2D eigenvalue weighted by Gasteiger charge is 2.32. The smallest absolute Gasteiger partial charge is 0.149 e. The summed E-state index contributed by atoms with van der Waals surface area (Å²) in [5, 5.41) is 10.6. The lowest BCUT2D eigenvalue weighted by atomic mass is 10.0. The minimum Gasteiger partial charge on any atom is -0.388 e. The van der Waals surface area contributed by atoms with Gasteiger partial charge in [-0.1, -0.05) is 24.4 Å². The Labute approximate surface area is 100 Å². The molecule has 0 spiro atoms. The van der Waals surface area contributed by atoms with Gasteiger partial charge in [0, 0.05) is 13.6 Å². The summed E-state index contributed by atoms with van der Waals surface area (Å²) in [6, 6.07) is 0. The van der Waals surface area contributed by atoms with E-state index in [2.05, 4.69) is 9.97 Å². The first-order valence-corrected chi connectivity index (χ1v) is 5.88. The van der Waals surface area contributed by atoms with Crippen LogP contribution in [0.3, 0.4) is 0 Å². The molecule has 0 amide bonds. The number of likely N-dealkylation sites (N-methyl/N-ethyl adjacent to an activating group) is 1. The number of hydrogen-bond acceptors (Lipinski definition) is 4. The zero-order valence-corrected chi connectivity index (χ0v) is 10.1. The van der Waals surface area contributed by atoms with Crippen LogP contribution in [0.5, 0.6) is 0 Å². The molecule has 1 aromatic rings. The molecule has 1 aromatic heterocycles. The monoisotopic (exact) mass is 241 g/mol. The van der Waals surface area contributed by atoms with Crippen LogP contribution in [0, 0.1) is 0 Å². The zero-order valence-electron chi connectivity index (χ0n) is 9.36. The number of aromatic nitrogens is 2. The topological polar surface area (TPSA) is 49.2 Å². The minimum atomic E-state index is -0.571. The molecule has 1 N–H and O–H groups in total. The second-order valence-corrected chi connectivity index (χ2v) is 4.87. The predicted octanol–water partition coefficient (Wildman–Crippen LogP) is 1.87. The van der Waals surface area contributed by atoms with E-state index in [4.69, 9.17) is 11.6 Å². The van der Waals surface area contributed by atoms with Crippen molar-refractivity contribution in [2.75, 3.05) is 18.5 Å². The number of hydrogen-bond donors (Lipinski definition) is 1. The Kier molecular flexibility index (Phi) is 3.30. The second-order valence-electron chi connectivity index (χ2n) is 4.49. The van der Waals surface area contributed by atoms with E-state index in [-0.39, 0.29) is 0 Å². The summed E-state index contributed by atoms with van der Waals surface area (Å²) in [7, 11) is 1.90. The first-order chi connectivity index (χ1) is 7.59. The van der Waals surface area contributed by atoms with Gasteiger partial charge < -0.3 is 10.0 Å². The molecule has 2 rings (SSSR count). The summed E-state index contributed by atoms with van der Waals surface area (Å²) in [5.74, 6) is 0.702. The first-order valence-electron chi connectivity index (χ1n) is 5.50. The summed E-state index contributed by atoms with van der Waals surface area (Å²) < 4.78 is 0. The van der Waals surface area contributed by atoms with Crippen molar-refractivity contribution in [2.24, 2.45) is 0 Å². The maximum absolute atomic E-state index is 10.3. The summed E-state index contributed by atoms with van der Waals surface area (Å²) in [6.45, 7) is 0.585. The number of aliphatic hydroxyl groups is 1. The molecular weight excluding hydrogens is 226 g/mol. The van der Waals surface area contributed by atoms with Gasteiger partial charge in [-0.2, -0.15) is 0 Å². The highest BCUT2D eigenvalue weighted by molar-refractivity contribution is 6.29. The number of rotatable bonds is 3. The molecule has 5 heteroatoms. The molecule has 0 unspecified atom stereocenters. The third kappa shape index (κ3) is 2.62. The number of anilines is 1. The zero-order chi connectivity index (χ0) is 11.6. The highest BCUT2D eigenvalue weighted by Crippen LogP contribution is 2.30. The van der Waals surface area contributed by atoms with E-state index >= 15 is 0 Å². The van der Waals surface area contributed by atoms with E-state index in [0.29, 0.717) is 17.5 Å². The van der Waals surface area contributed by atoms with E-state index in [1.807, 2.05) is 11.9 Å². The molecular formula is C11H16ClN3O. The van der Waals surface area contributed by atoms with Crippen molar-refractivity contribution in [1.82, 2.24) is 9.97 Å². The Balaban J connectivity index is 2.05. The van der Waals surface area contributed by atoms with Gasteiger partial charge in [-0.3, -0.25) is 4.98 Å². The van der Waals surface area contributed by atoms with Crippen molar-refractivity contribution in [3.63, 3.8) is 0 Å². The minimum absolute atomic E-state index is 0.378. The lowest BCUT2D eigenvalue weighted by molar-refractivity contribution is 0.0558. The van der Waals surface area contributed by atoms with Gasteiger partial charge in [0.25, 0.3) is 0 Å². The Morgan fingerprint density at radius 1 is 1.44 bits per heavy atom. The SMILES string of the molecule is CN(CC1(O)CCCC1)c1cncc(Cl)n1. The predicted molar refractivity (Wildman–Crippen MR) is 63.7 cm³/mol. The van der Waals surface area contributed by atoms with Crippen LogP contribution >= 0.6 is 11.6 Å². The van der Waals surface area contributed by atoms with Crippen LogP contribution in [0.2, 0.25) is 5.15 Å². The van der Waals surface area contributed by atoms with Crippen LogP contribution in [-0.2, 0) is 0 Å². The lowest BCUT2D eigenvalue weighted by Gasteiger charge is -2.29. The average molecular weight is 242 g/mol. The average Bonchev–Trinajstić information content (AvgIpc) is 2.65. The van der Waals surface area contributed by atoms with Gasteiger partial charge in [0.15, 0.2) is 0 Å². The molecule has 0 aliphatic heterocycles. The van der Waals surface area contributed by atoms with Gasteiger partial charge in [-0.15, -0.1) is 0 Å². The van der Waals surface area contributed by atoms with Crippen LogP contribution in [0.25, 0.3) is 0 Å². The third-order valence-electron chi connectivity index (χ3n) is 3.05. The summed E-state index contributed by atoms with van der Waals surface area (Å²) in [6.07, 6.45) is 7.10. The first kappa shape index (κ1) is 11.6. The molecule has 4 nitrogen and oxygen atoms in total. The van der Waals surface area contributed by atoms with Crippen LogP contribution in [0.4, 0.5) is 5.82 Å². The maximum Gasteiger partial charge on any atom is 0.149 e. The van der Waals surface area contributed by atoms with Crippen LogP contribution in [-0.4, -0.2) is 34.3 Å². The van der Waals surface area contributed by atoms with Crippen molar-refractivity contribution in [1.29, 1.82) is 0 Å². The molecule has 0 radical (unpaired) electrons. The molecule has 0 bridgehead atoms.